The van der Waals surface area contributed by atoms with Gasteiger partial charge >= 0.3 is 0 Å². The smallest absolute Gasteiger partial charge is 0.293 e. The van der Waals surface area contributed by atoms with E-state index in [1.807, 2.05) is 32.6 Å². The Labute approximate surface area is 126 Å². The molecular weight excluding hydrogens is 266 g/mol. The standard InChI is InChI=1S/C15H27N5O/c1-5-20(11-8-6-10(16)7-9-11)13(21)12-17-14(19-18-12)15(2,3)4/h10-11H,5-9,16H2,1-4H3,(H,17,18,19). The fourth-order valence-corrected chi connectivity index (χ4v) is 2.80. The fourth-order valence-electron chi connectivity index (χ4n) is 2.80. The molecule has 118 valence electrons. The van der Waals surface area contributed by atoms with Crippen molar-refractivity contribution in [1.82, 2.24) is 20.1 Å². The maximum absolute atomic E-state index is 12.6. The normalized spacial score (nSPS) is 23.1. The lowest BCUT2D eigenvalue weighted by Gasteiger charge is -2.34. The van der Waals surface area contributed by atoms with Gasteiger partial charge in [0.25, 0.3) is 5.91 Å². The van der Waals surface area contributed by atoms with Crippen LogP contribution in [0.5, 0.6) is 0 Å². The summed E-state index contributed by atoms with van der Waals surface area (Å²) < 4.78 is 0. The predicted octanol–water partition coefficient (Wildman–Crippen LogP) is 1.83. The molecule has 3 N–H and O–H groups in total. The third-order valence-corrected chi connectivity index (χ3v) is 4.17. The van der Waals surface area contributed by atoms with Gasteiger partial charge in [-0.05, 0) is 32.6 Å². The number of aromatic nitrogens is 3. The van der Waals surface area contributed by atoms with Gasteiger partial charge in [0.1, 0.15) is 5.82 Å². The number of aromatic amines is 1. The van der Waals surface area contributed by atoms with E-state index in [0.717, 1.165) is 31.5 Å². The molecule has 2 rings (SSSR count). The Hall–Kier alpha value is -1.43. The summed E-state index contributed by atoms with van der Waals surface area (Å²) in [7, 11) is 0. The number of carbonyl (C=O) groups is 1. The van der Waals surface area contributed by atoms with Crippen LogP contribution in [-0.2, 0) is 5.41 Å². The summed E-state index contributed by atoms with van der Waals surface area (Å²) in [6.07, 6.45) is 3.90. The summed E-state index contributed by atoms with van der Waals surface area (Å²) in [6.45, 7) is 8.81. The molecule has 1 aromatic heterocycles. The molecule has 6 heteroatoms. The highest BCUT2D eigenvalue weighted by atomic mass is 16.2. The van der Waals surface area contributed by atoms with Gasteiger partial charge in [-0.1, -0.05) is 20.8 Å². The van der Waals surface area contributed by atoms with E-state index < -0.39 is 0 Å². The highest BCUT2D eigenvalue weighted by molar-refractivity contribution is 5.90. The minimum Gasteiger partial charge on any atom is -0.333 e. The van der Waals surface area contributed by atoms with E-state index in [2.05, 4.69) is 15.2 Å². The van der Waals surface area contributed by atoms with Crippen molar-refractivity contribution >= 4 is 5.91 Å². The van der Waals surface area contributed by atoms with Gasteiger partial charge in [0.05, 0.1) is 0 Å². The number of carbonyl (C=O) groups excluding carboxylic acids is 1. The number of hydrogen-bond acceptors (Lipinski definition) is 4. The second kappa shape index (κ2) is 6.13. The summed E-state index contributed by atoms with van der Waals surface area (Å²) in [5.41, 5.74) is 5.81. The molecule has 1 aliphatic rings. The average Bonchev–Trinajstić information content (AvgIpc) is 2.91. The van der Waals surface area contributed by atoms with Crippen molar-refractivity contribution in [1.29, 1.82) is 0 Å². The summed E-state index contributed by atoms with van der Waals surface area (Å²) >= 11 is 0. The Morgan fingerprint density at radius 1 is 1.33 bits per heavy atom. The molecule has 0 radical (unpaired) electrons. The molecule has 1 amide bonds. The zero-order valence-corrected chi connectivity index (χ0v) is 13.5. The molecule has 0 unspecified atom stereocenters. The second-order valence-electron chi connectivity index (χ2n) is 6.92. The monoisotopic (exact) mass is 293 g/mol. The zero-order valence-electron chi connectivity index (χ0n) is 13.5. The van der Waals surface area contributed by atoms with Crippen LogP contribution >= 0.6 is 0 Å². The molecule has 1 fully saturated rings. The van der Waals surface area contributed by atoms with E-state index in [1.165, 1.54) is 0 Å². The zero-order chi connectivity index (χ0) is 15.6. The largest absolute Gasteiger partial charge is 0.333 e. The van der Waals surface area contributed by atoms with Crippen LogP contribution in [-0.4, -0.2) is 44.6 Å². The van der Waals surface area contributed by atoms with Gasteiger partial charge in [-0.3, -0.25) is 9.89 Å². The molecular formula is C15H27N5O. The van der Waals surface area contributed by atoms with Crippen molar-refractivity contribution in [3.8, 4) is 0 Å². The van der Waals surface area contributed by atoms with E-state index in [1.54, 1.807) is 0 Å². The van der Waals surface area contributed by atoms with Gasteiger partial charge in [0.15, 0.2) is 0 Å². The quantitative estimate of drug-likeness (QED) is 0.890. The van der Waals surface area contributed by atoms with Crippen molar-refractivity contribution in [2.45, 2.75) is 70.9 Å². The Morgan fingerprint density at radius 3 is 2.43 bits per heavy atom. The number of H-pyrrole nitrogens is 1. The Morgan fingerprint density at radius 2 is 1.95 bits per heavy atom. The molecule has 0 aliphatic heterocycles. The van der Waals surface area contributed by atoms with Crippen molar-refractivity contribution < 1.29 is 4.79 Å². The van der Waals surface area contributed by atoms with Crippen molar-refractivity contribution in [2.75, 3.05) is 6.54 Å². The maximum Gasteiger partial charge on any atom is 0.293 e. The molecule has 0 spiro atoms. The Balaban J connectivity index is 2.11. The summed E-state index contributed by atoms with van der Waals surface area (Å²) in [5.74, 6) is 0.939. The Bertz CT molecular complexity index is 482. The number of nitrogens with two attached hydrogens (primary N) is 1. The Kier molecular flexibility index (Phi) is 4.66. The van der Waals surface area contributed by atoms with Crippen LogP contribution in [0, 0.1) is 0 Å². The van der Waals surface area contributed by atoms with E-state index in [9.17, 15) is 4.79 Å². The topological polar surface area (TPSA) is 87.9 Å². The van der Waals surface area contributed by atoms with Gasteiger partial charge in [-0.2, -0.15) is 0 Å². The first kappa shape index (κ1) is 15.9. The lowest BCUT2D eigenvalue weighted by atomic mass is 9.90. The molecule has 1 aliphatic carbocycles. The van der Waals surface area contributed by atoms with Gasteiger partial charge in [0, 0.05) is 24.0 Å². The highest BCUT2D eigenvalue weighted by Gasteiger charge is 2.30. The number of hydrogen-bond donors (Lipinski definition) is 2. The summed E-state index contributed by atoms with van der Waals surface area (Å²) in [5, 5.41) is 7.00. The third-order valence-electron chi connectivity index (χ3n) is 4.17. The summed E-state index contributed by atoms with van der Waals surface area (Å²) in [6, 6.07) is 0.546. The van der Waals surface area contributed by atoms with Gasteiger partial charge < -0.3 is 10.6 Å². The molecule has 0 bridgehead atoms. The summed E-state index contributed by atoms with van der Waals surface area (Å²) in [4.78, 5) is 18.9. The van der Waals surface area contributed by atoms with Crippen LogP contribution in [0.4, 0.5) is 0 Å². The lowest BCUT2D eigenvalue weighted by molar-refractivity contribution is 0.0628. The van der Waals surface area contributed by atoms with Crippen molar-refractivity contribution in [3.05, 3.63) is 11.6 Å². The molecule has 1 saturated carbocycles. The second-order valence-corrected chi connectivity index (χ2v) is 6.92. The van der Waals surface area contributed by atoms with E-state index >= 15 is 0 Å². The minimum absolute atomic E-state index is 0.0790. The van der Waals surface area contributed by atoms with Crippen LogP contribution in [0.15, 0.2) is 0 Å². The highest BCUT2D eigenvalue weighted by Crippen LogP contribution is 2.23. The van der Waals surface area contributed by atoms with Crippen LogP contribution in [0.3, 0.4) is 0 Å². The molecule has 21 heavy (non-hydrogen) atoms. The molecule has 6 nitrogen and oxygen atoms in total. The molecule has 0 saturated heterocycles. The van der Waals surface area contributed by atoms with E-state index in [0.29, 0.717) is 6.54 Å². The average molecular weight is 293 g/mol. The van der Waals surface area contributed by atoms with E-state index in [4.69, 9.17) is 5.73 Å². The maximum atomic E-state index is 12.6. The van der Waals surface area contributed by atoms with E-state index in [-0.39, 0.29) is 29.2 Å². The first-order valence-corrected chi connectivity index (χ1v) is 7.82. The number of rotatable bonds is 3. The number of nitrogens with zero attached hydrogens (tertiary/aromatic N) is 3. The first-order chi connectivity index (χ1) is 9.82. The van der Waals surface area contributed by atoms with Crippen LogP contribution in [0.25, 0.3) is 0 Å². The third kappa shape index (κ3) is 3.61. The van der Waals surface area contributed by atoms with Crippen molar-refractivity contribution in [2.24, 2.45) is 5.73 Å². The van der Waals surface area contributed by atoms with Gasteiger partial charge in [0.2, 0.25) is 5.82 Å². The molecule has 1 heterocycles. The first-order valence-electron chi connectivity index (χ1n) is 7.82. The molecule has 0 atom stereocenters. The SMILES string of the molecule is CCN(C(=O)c1n[nH]c(C(C)(C)C)n1)C1CCC(N)CC1. The minimum atomic E-state index is -0.139. The van der Waals surface area contributed by atoms with Crippen LogP contribution in [0.1, 0.15) is 69.8 Å². The fraction of sp³-hybridized carbons (Fsp3) is 0.800. The number of amides is 1. The van der Waals surface area contributed by atoms with Gasteiger partial charge in [-0.15, -0.1) is 5.10 Å². The van der Waals surface area contributed by atoms with Crippen LogP contribution < -0.4 is 5.73 Å². The van der Waals surface area contributed by atoms with Crippen molar-refractivity contribution in [3.63, 3.8) is 0 Å². The lowest BCUT2D eigenvalue weighted by Crippen LogP contribution is -2.44. The molecule has 1 aromatic rings. The van der Waals surface area contributed by atoms with Gasteiger partial charge in [-0.25, -0.2) is 4.98 Å². The molecule has 0 aromatic carbocycles. The van der Waals surface area contributed by atoms with Crippen LogP contribution in [0.2, 0.25) is 0 Å². The number of nitrogens with one attached hydrogen (secondary N) is 1. The predicted molar refractivity (Wildman–Crippen MR) is 82.0 cm³/mol.